The number of carbonyl (C=O) groups is 1. The van der Waals surface area contributed by atoms with Crippen molar-refractivity contribution >= 4 is 5.97 Å². The minimum atomic E-state index is -0.140. The molecule has 1 fully saturated rings. The van der Waals surface area contributed by atoms with E-state index in [0.29, 0.717) is 19.1 Å². The van der Waals surface area contributed by atoms with Gasteiger partial charge in [-0.3, -0.25) is 4.79 Å². The van der Waals surface area contributed by atoms with Gasteiger partial charge in [-0.05, 0) is 25.2 Å². The first-order valence-electron chi connectivity index (χ1n) is 6.46. The maximum absolute atomic E-state index is 10.9. The molecule has 3 heteroatoms. The molecule has 2 atom stereocenters. The summed E-state index contributed by atoms with van der Waals surface area (Å²) in [5.74, 6) is 0.589. The van der Waals surface area contributed by atoms with Crippen LogP contribution in [0, 0.1) is 5.92 Å². The van der Waals surface area contributed by atoms with Gasteiger partial charge in [-0.1, -0.05) is 26.2 Å². The van der Waals surface area contributed by atoms with Crippen LogP contribution in [0.25, 0.3) is 0 Å². The largest absolute Gasteiger partial charge is 0.469 e. The van der Waals surface area contributed by atoms with Gasteiger partial charge in [0.25, 0.3) is 0 Å². The van der Waals surface area contributed by atoms with E-state index in [2.05, 4.69) is 11.7 Å². The third-order valence-electron chi connectivity index (χ3n) is 3.45. The molecule has 94 valence electrons. The van der Waals surface area contributed by atoms with Crippen LogP contribution in [-0.2, 0) is 14.3 Å². The fourth-order valence-corrected chi connectivity index (χ4v) is 2.41. The summed E-state index contributed by atoms with van der Waals surface area (Å²) in [5, 5.41) is 0. The Morgan fingerprint density at radius 1 is 1.31 bits per heavy atom. The molecule has 3 nitrogen and oxygen atoms in total. The molecule has 2 unspecified atom stereocenters. The smallest absolute Gasteiger partial charge is 0.305 e. The van der Waals surface area contributed by atoms with Crippen molar-refractivity contribution in [2.24, 2.45) is 5.92 Å². The topological polar surface area (TPSA) is 35.5 Å². The van der Waals surface area contributed by atoms with Crippen molar-refractivity contribution in [3.05, 3.63) is 0 Å². The highest BCUT2D eigenvalue weighted by Gasteiger charge is 2.23. The zero-order valence-electron chi connectivity index (χ0n) is 10.5. The van der Waals surface area contributed by atoms with Crippen molar-refractivity contribution < 1.29 is 14.3 Å². The normalized spacial score (nSPS) is 25.4. The number of hydrogen-bond acceptors (Lipinski definition) is 3. The minimum absolute atomic E-state index is 0.140. The van der Waals surface area contributed by atoms with Crippen molar-refractivity contribution in [1.82, 2.24) is 0 Å². The van der Waals surface area contributed by atoms with Crippen molar-refractivity contribution in [3.63, 3.8) is 0 Å². The molecule has 0 aliphatic heterocycles. The van der Waals surface area contributed by atoms with Crippen LogP contribution in [-0.4, -0.2) is 25.8 Å². The lowest BCUT2D eigenvalue weighted by atomic mass is 9.85. The summed E-state index contributed by atoms with van der Waals surface area (Å²) in [7, 11) is 1.43. The third kappa shape index (κ3) is 4.52. The van der Waals surface area contributed by atoms with Crippen LogP contribution < -0.4 is 0 Å². The van der Waals surface area contributed by atoms with Crippen LogP contribution in [0.5, 0.6) is 0 Å². The van der Waals surface area contributed by atoms with E-state index in [0.717, 1.165) is 12.3 Å². The van der Waals surface area contributed by atoms with Gasteiger partial charge in [0.05, 0.1) is 13.2 Å². The minimum Gasteiger partial charge on any atom is -0.469 e. The van der Waals surface area contributed by atoms with Crippen LogP contribution in [0.1, 0.15) is 51.9 Å². The molecule has 0 aromatic carbocycles. The van der Waals surface area contributed by atoms with Crippen LogP contribution in [0.3, 0.4) is 0 Å². The highest BCUT2D eigenvalue weighted by Crippen LogP contribution is 2.29. The lowest BCUT2D eigenvalue weighted by Gasteiger charge is -2.30. The number of methoxy groups -OCH3 is 1. The van der Waals surface area contributed by atoms with E-state index in [1.54, 1.807) is 0 Å². The number of esters is 1. The van der Waals surface area contributed by atoms with Crippen molar-refractivity contribution in [2.75, 3.05) is 13.7 Å². The lowest BCUT2D eigenvalue weighted by Crippen LogP contribution is -2.27. The maximum Gasteiger partial charge on any atom is 0.305 e. The number of rotatable bonds is 6. The first-order chi connectivity index (χ1) is 7.77. The Labute approximate surface area is 98.5 Å². The first-order valence-corrected chi connectivity index (χ1v) is 6.46. The second-order valence-corrected chi connectivity index (χ2v) is 4.54. The number of carbonyl (C=O) groups excluding carboxylic acids is 1. The molecule has 0 radical (unpaired) electrons. The second kappa shape index (κ2) is 7.66. The first kappa shape index (κ1) is 13.5. The van der Waals surface area contributed by atoms with Gasteiger partial charge in [0.1, 0.15) is 0 Å². The van der Waals surface area contributed by atoms with Gasteiger partial charge in [-0.2, -0.15) is 0 Å². The van der Waals surface area contributed by atoms with E-state index >= 15 is 0 Å². The summed E-state index contributed by atoms with van der Waals surface area (Å²) < 4.78 is 10.5. The third-order valence-corrected chi connectivity index (χ3v) is 3.45. The molecule has 0 spiro atoms. The van der Waals surface area contributed by atoms with Crippen molar-refractivity contribution in [2.45, 2.75) is 58.0 Å². The average molecular weight is 228 g/mol. The Morgan fingerprint density at radius 3 is 2.75 bits per heavy atom. The molecule has 0 saturated heterocycles. The average Bonchev–Trinajstić information content (AvgIpc) is 2.34. The predicted molar refractivity (Wildman–Crippen MR) is 63.2 cm³/mol. The van der Waals surface area contributed by atoms with Gasteiger partial charge >= 0.3 is 5.97 Å². The zero-order valence-corrected chi connectivity index (χ0v) is 10.5. The molecule has 0 N–H and O–H groups in total. The maximum atomic E-state index is 10.9. The van der Waals surface area contributed by atoms with Gasteiger partial charge in [-0.15, -0.1) is 0 Å². The van der Waals surface area contributed by atoms with E-state index < -0.39 is 0 Å². The van der Waals surface area contributed by atoms with E-state index in [-0.39, 0.29) is 5.97 Å². The molecule has 0 amide bonds. The molecule has 1 saturated carbocycles. The Morgan fingerprint density at radius 2 is 2.06 bits per heavy atom. The Hall–Kier alpha value is -0.570. The van der Waals surface area contributed by atoms with Crippen LogP contribution in [0.4, 0.5) is 0 Å². The van der Waals surface area contributed by atoms with E-state index in [9.17, 15) is 4.79 Å². The summed E-state index contributed by atoms with van der Waals surface area (Å²) >= 11 is 0. The molecule has 0 aromatic heterocycles. The van der Waals surface area contributed by atoms with Gasteiger partial charge in [0.2, 0.25) is 0 Å². The summed E-state index contributed by atoms with van der Waals surface area (Å²) in [4.78, 5) is 10.9. The Kier molecular flexibility index (Phi) is 6.46. The molecule has 16 heavy (non-hydrogen) atoms. The van der Waals surface area contributed by atoms with E-state index in [1.807, 2.05) is 0 Å². The van der Waals surface area contributed by atoms with Gasteiger partial charge < -0.3 is 9.47 Å². The molecule has 1 aliphatic carbocycles. The quantitative estimate of drug-likeness (QED) is 0.518. The summed E-state index contributed by atoms with van der Waals surface area (Å²) in [5.41, 5.74) is 0. The summed E-state index contributed by atoms with van der Waals surface area (Å²) in [6.45, 7) is 2.93. The zero-order chi connectivity index (χ0) is 11.8. The van der Waals surface area contributed by atoms with E-state index in [1.165, 1.54) is 39.2 Å². The standard InChI is InChI=1S/C13H24O3/c1-3-11-7-4-5-8-12(11)16-10-6-9-13(14)15-2/h11-12H,3-10H2,1-2H3. The Balaban J connectivity index is 2.13. The van der Waals surface area contributed by atoms with Gasteiger partial charge in [-0.25, -0.2) is 0 Å². The fraction of sp³-hybridized carbons (Fsp3) is 0.923. The molecule has 0 heterocycles. The molecular weight excluding hydrogens is 204 g/mol. The van der Waals surface area contributed by atoms with Gasteiger partial charge in [0.15, 0.2) is 0 Å². The molecular formula is C13H24O3. The molecule has 1 aliphatic rings. The second-order valence-electron chi connectivity index (χ2n) is 4.54. The molecule has 0 aromatic rings. The SMILES string of the molecule is CCC1CCCCC1OCCCC(=O)OC. The summed E-state index contributed by atoms with van der Waals surface area (Å²) in [6, 6.07) is 0. The Bertz CT molecular complexity index is 203. The highest BCUT2D eigenvalue weighted by atomic mass is 16.5. The van der Waals surface area contributed by atoms with Crippen LogP contribution in [0.15, 0.2) is 0 Å². The molecule has 0 bridgehead atoms. The van der Waals surface area contributed by atoms with Gasteiger partial charge in [0, 0.05) is 13.0 Å². The van der Waals surface area contributed by atoms with Crippen LogP contribution >= 0.6 is 0 Å². The van der Waals surface area contributed by atoms with Crippen LogP contribution in [0.2, 0.25) is 0 Å². The predicted octanol–water partition coefficient (Wildman–Crippen LogP) is 2.93. The highest BCUT2D eigenvalue weighted by molar-refractivity contribution is 5.68. The van der Waals surface area contributed by atoms with Crippen molar-refractivity contribution in [3.8, 4) is 0 Å². The van der Waals surface area contributed by atoms with Crippen molar-refractivity contribution in [1.29, 1.82) is 0 Å². The summed E-state index contributed by atoms with van der Waals surface area (Å²) in [6.07, 6.45) is 8.02. The number of hydrogen-bond donors (Lipinski definition) is 0. The van der Waals surface area contributed by atoms with E-state index in [4.69, 9.17) is 4.74 Å². The lowest BCUT2D eigenvalue weighted by molar-refractivity contribution is -0.141. The molecule has 1 rings (SSSR count). The monoisotopic (exact) mass is 228 g/mol. The number of ether oxygens (including phenoxy) is 2. The fourth-order valence-electron chi connectivity index (χ4n) is 2.41.